The van der Waals surface area contributed by atoms with Crippen LogP contribution in [0.3, 0.4) is 0 Å². The Morgan fingerprint density at radius 2 is 1.72 bits per heavy atom. The number of nitrogens with zero attached hydrogens (tertiary/aromatic N) is 1. The molecule has 0 unspecified atom stereocenters. The van der Waals surface area contributed by atoms with Crippen LogP contribution in [0, 0.1) is 0 Å². The van der Waals surface area contributed by atoms with Gasteiger partial charge >= 0.3 is 0 Å². The third kappa shape index (κ3) is 6.30. The summed E-state index contributed by atoms with van der Waals surface area (Å²) in [5.41, 5.74) is 2.58. The number of amides is 1. The lowest BCUT2D eigenvalue weighted by molar-refractivity contribution is -0.114. The Morgan fingerprint density at radius 3 is 2.34 bits per heavy atom. The summed E-state index contributed by atoms with van der Waals surface area (Å²) in [6.45, 7) is 6.78. The molecule has 0 aromatic heterocycles. The summed E-state index contributed by atoms with van der Waals surface area (Å²) in [6, 6.07) is 14.2. The Morgan fingerprint density at radius 1 is 1.07 bits per heavy atom. The highest BCUT2D eigenvalue weighted by Gasteiger charge is 2.20. The number of unbranched alkanes of at least 4 members (excludes halogenated alkanes) is 1. The number of anilines is 2. The van der Waals surface area contributed by atoms with Gasteiger partial charge in [0, 0.05) is 25.0 Å². The normalized spacial score (nSPS) is 11.7. The van der Waals surface area contributed by atoms with E-state index in [1.807, 2.05) is 31.2 Å². The fraction of sp³-hybridized carbons (Fsp3) is 0.409. The predicted molar refractivity (Wildman–Crippen MR) is 119 cm³/mol. The van der Waals surface area contributed by atoms with Crippen LogP contribution in [0.25, 0.3) is 0 Å². The van der Waals surface area contributed by atoms with Gasteiger partial charge in [0.05, 0.1) is 11.4 Å². The Bertz CT molecular complexity index is 909. The van der Waals surface area contributed by atoms with E-state index in [2.05, 4.69) is 24.5 Å². The number of carbonyl (C=O) groups is 1. The minimum absolute atomic E-state index is 0.0922. The molecular formula is C22H31N3O3S. The third-order valence-electron chi connectivity index (χ3n) is 4.70. The van der Waals surface area contributed by atoms with Gasteiger partial charge in [-0.15, -0.1) is 0 Å². The molecule has 0 heterocycles. The zero-order chi connectivity index (χ0) is 21.4. The molecule has 0 aliphatic carbocycles. The molecule has 0 spiro atoms. The molecule has 29 heavy (non-hydrogen) atoms. The second-order valence-corrected chi connectivity index (χ2v) is 9.39. The summed E-state index contributed by atoms with van der Waals surface area (Å²) < 4.78 is 26.5. The molecule has 0 saturated heterocycles. The lowest BCUT2D eigenvalue weighted by Gasteiger charge is -2.17. The van der Waals surface area contributed by atoms with Crippen molar-refractivity contribution in [2.45, 2.75) is 44.4 Å². The van der Waals surface area contributed by atoms with Gasteiger partial charge in [-0.3, -0.25) is 4.79 Å². The number of sulfonamides is 1. The van der Waals surface area contributed by atoms with Gasteiger partial charge in [0.15, 0.2) is 0 Å². The van der Waals surface area contributed by atoms with Crippen molar-refractivity contribution in [3.63, 3.8) is 0 Å². The topological polar surface area (TPSA) is 78.5 Å². The molecule has 0 radical (unpaired) electrons. The van der Waals surface area contributed by atoms with E-state index >= 15 is 0 Å². The van der Waals surface area contributed by atoms with Crippen molar-refractivity contribution in [1.82, 2.24) is 4.31 Å². The lowest BCUT2D eigenvalue weighted by Crippen LogP contribution is -2.28. The maximum atomic E-state index is 12.5. The number of benzene rings is 2. The predicted octanol–water partition coefficient (Wildman–Crippen LogP) is 4.28. The van der Waals surface area contributed by atoms with E-state index in [-0.39, 0.29) is 17.3 Å². The van der Waals surface area contributed by atoms with Gasteiger partial charge in [-0.05, 0) is 48.2 Å². The molecule has 0 aliphatic rings. The molecule has 0 atom stereocenters. The molecule has 7 heteroatoms. The molecule has 0 aliphatic heterocycles. The monoisotopic (exact) mass is 417 g/mol. The van der Waals surface area contributed by atoms with Crippen molar-refractivity contribution in [2.24, 2.45) is 0 Å². The van der Waals surface area contributed by atoms with E-state index in [0.29, 0.717) is 18.2 Å². The van der Waals surface area contributed by atoms with Gasteiger partial charge in [0.25, 0.3) is 0 Å². The van der Waals surface area contributed by atoms with Crippen LogP contribution in [0.1, 0.15) is 45.1 Å². The first-order chi connectivity index (χ1) is 13.8. The first-order valence-corrected chi connectivity index (χ1v) is 11.4. The van der Waals surface area contributed by atoms with Gasteiger partial charge in [-0.25, -0.2) is 12.7 Å². The highest BCUT2D eigenvalue weighted by atomic mass is 32.2. The van der Waals surface area contributed by atoms with Gasteiger partial charge in [0.2, 0.25) is 15.9 Å². The second kappa shape index (κ2) is 10.4. The fourth-order valence-electron chi connectivity index (χ4n) is 2.92. The lowest BCUT2D eigenvalue weighted by atomic mass is 10.0. The van der Waals surface area contributed by atoms with Crippen molar-refractivity contribution in [3.05, 3.63) is 54.1 Å². The van der Waals surface area contributed by atoms with Crippen LogP contribution in [-0.2, 0) is 14.8 Å². The van der Waals surface area contributed by atoms with E-state index in [1.54, 1.807) is 31.3 Å². The molecule has 1 amide bonds. The maximum Gasteiger partial charge on any atom is 0.243 e. The summed E-state index contributed by atoms with van der Waals surface area (Å²) in [5.74, 6) is 0.151. The van der Waals surface area contributed by atoms with Gasteiger partial charge in [-0.1, -0.05) is 45.4 Å². The molecular weight excluding hydrogens is 386 g/mol. The van der Waals surface area contributed by atoms with Crippen LogP contribution >= 0.6 is 0 Å². The van der Waals surface area contributed by atoms with Crippen molar-refractivity contribution in [2.75, 3.05) is 30.8 Å². The largest absolute Gasteiger partial charge is 0.376 e. The summed E-state index contributed by atoms with van der Waals surface area (Å²) in [5, 5.41) is 5.96. The highest BCUT2D eigenvalue weighted by Crippen LogP contribution is 2.23. The number of rotatable bonds is 10. The second-order valence-electron chi connectivity index (χ2n) is 7.35. The Balaban J connectivity index is 1.96. The quantitative estimate of drug-likeness (QED) is 0.605. The maximum absolute atomic E-state index is 12.5. The van der Waals surface area contributed by atoms with Gasteiger partial charge in [0.1, 0.15) is 0 Å². The first-order valence-electron chi connectivity index (χ1n) is 9.94. The zero-order valence-corrected chi connectivity index (χ0v) is 18.4. The smallest absolute Gasteiger partial charge is 0.243 e. The Hall–Kier alpha value is -2.38. The summed E-state index contributed by atoms with van der Waals surface area (Å²) in [4.78, 5) is 12.5. The van der Waals surface area contributed by atoms with Crippen molar-refractivity contribution >= 4 is 27.3 Å². The number of hydrogen-bond acceptors (Lipinski definition) is 4. The van der Waals surface area contributed by atoms with E-state index in [0.717, 1.165) is 24.1 Å². The summed E-state index contributed by atoms with van der Waals surface area (Å²) >= 11 is 0. The van der Waals surface area contributed by atoms with Crippen LogP contribution < -0.4 is 10.6 Å². The van der Waals surface area contributed by atoms with E-state index in [1.165, 1.54) is 4.31 Å². The summed E-state index contributed by atoms with van der Waals surface area (Å²) in [7, 11) is -1.89. The van der Waals surface area contributed by atoms with Crippen molar-refractivity contribution in [3.8, 4) is 0 Å². The third-order valence-corrected chi connectivity index (χ3v) is 6.57. The number of carbonyl (C=O) groups excluding carboxylic acids is 1. The van der Waals surface area contributed by atoms with Crippen LogP contribution in [0.15, 0.2) is 53.4 Å². The number of para-hydroxylation sites is 1. The van der Waals surface area contributed by atoms with Gasteiger partial charge < -0.3 is 10.6 Å². The van der Waals surface area contributed by atoms with Crippen molar-refractivity contribution in [1.29, 1.82) is 0 Å². The first kappa shape index (κ1) is 22.9. The standard InChI is InChI=1S/C22H31N3O3S/c1-5-6-15-25(4)29(27,28)19-13-11-18(12-14-19)23-16-22(26)24-21-10-8-7-9-20(21)17(2)3/h7-14,17,23H,5-6,15-16H2,1-4H3,(H,24,26). The molecule has 6 nitrogen and oxygen atoms in total. The molecule has 158 valence electrons. The average molecular weight is 418 g/mol. The molecule has 2 aromatic rings. The molecule has 0 fully saturated rings. The minimum atomic E-state index is -3.49. The fourth-order valence-corrected chi connectivity index (χ4v) is 4.13. The van der Waals surface area contributed by atoms with E-state index in [9.17, 15) is 13.2 Å². The highest BCUT2D eigenvalue weighted by molar-refractivity contribution is 7.89. The minimum Gasteiger partial charge on any atom is -0.376 e. The van der Waals surface area contributed by atoms with Crippen LogP contribution in [0.2, 0.25) is 0 Å². The van der Waals surface area contributed by atoms with Crippen LogP contribution in [0.4, 0.5) is 11.4 Å². The van der Waals surface area contributed by atoms with Crippen molar-refractivity contribution < 1.29 is 13.2 Å². The summed E-state index contributed by atoms with van der Waals surface area (Å²) in [6.07, 6.45) is 1.76. The van der Waals surface area contributed by atoms with Crippen LogP contribution in [0.5, 0.6) is 0 Å². The average Bonchev–Trinajstić information content (AvgIpc) is 2.71. The number of nitrogens with one attached hydrogen (secondary N) is 2. The molecule has 0 bridgehead atoms. The van der Waals surface area contributed by atoms with E-state index in [4.69, 9.17) is 0 Å². The SMILES string of the molecule is CCCCN(C)S(=O)(=O)c1ccc(NCC(=O)Nc2ccccc2C(C)C)cc1. The zero-order valence-electron chi connectivity index (χ0n) is 17.6. The molecule has 2 rings (SSSR count). The Labute approximate surface area is 174 Å². The molecule has 0 saturated carbocycles. The van der Waals surface area contributed by atoms with E-state index < -0.39 is 10.0 Å². The molecule has 2 N–H and O–H groups in total. The van der Waals surface area contributed by atoms with Gasteiger partial charge in [-0.2, -0.15) is 0 Å². The number of hydrogen-bond donors (Lipinski definition) is 2. The molecule has 2 aromatic carbocycles. The van der Waals surface area contributed by atoms with Crippen LogP contribution in [-0.4, -0.2) is 38.8 Å². The Kier molecular flexibility index (Phi) is 8.22.